The predicted octanol–water partition coefficient (Wildman–Crippen LogP) is 2.73. The maximum Gasteiger partial charge on any atom is 0.328 e. The quantitative estimate of drug-likeness (QED) is 0.610. The van der Waals surface area contributed by atoms with Crippen LogP contribution in [0.4, 0.5) is 0 Å². The molecule has 0 saturated heterocycles. The summed E-state index contributed by atoms with van der Waals surface area (Å²) in [6.07, 6.45) is 4.67. The number of thiophene rings is 1. The molecule has 1 rings (SSSR count). The molecular weight excluding hydrogens is 252 g/mol. The lowest BCUT2D eigenvalue weighted by atomic mass is 10.2. The summed E-state index contributed by atoms with van der Waals surface area (Å²) in [5, 5.41) is 8.50. The predicted molar refractivity (Wildman–Crippen MR) is 70.6 cm³/mol. The molecule has 0 aliphatic rings. The maximum absolute atomic E-state index is 11.1. The van der Waals surface area contributed by atoms with Crippen LogP contribution in [0.2, 0.25) is 0 Å². The molecule has 5 heteroatoms. The fourth-order valence-electron chi connectivity index (χ4n) is 1.41. The molecule has 0 spiro atoms. The van der Waals surface area contributed by atoms with Gasteiger partial charge in [-0.25, -0.2) is 4.79 Å². The van der Waals surface area contributed by atoms with Gasteiger partial charge in [0, 0.05) is 22.3 Å². The normalized spacial score (nSPS) is 10.7. The van der Waals surface area contributed by atoms with E-state index >= 15 is 0 Å². The number of carboxylic acids is 1. The van der Waals surface area contributed by atoms with E-state index in [2.05, 4.69) is 0 Å². The van der Waals surface area contributed by atoms with E-state index in [-0.39, 0.29) is 5.97 Å². The van der Waals surface area contributed by atoms with Gasteiger partial charge in [0.05, 0.1) is 6.61 Å². The minimum atomic E-state index is -0.952. The second-order valence-corrected chi connectivity index (χ2v) is 4.83. The first-order valence-electron chi connectivity index (χ1n) is 5.77. The van der Waals surface area contributed by atoms with Gasteiger partial charge in [-0.1, -0.05) is 0 Å². The van der Waals surface area contributed by atoms with Crippen LogP contribution in [0, 0.1) is 0 Å². The summed E-state index contributed by atoms with van der Waals surface area (Å²) in [5.74, 6) is -1.12. The van der Waals surface area contributed by atoms with E-state index in [4.69, 9.17) is 9.84 Å². The van der Waals surface area contributed by atoms with Crippen LogP contribution in [-0.4, -0.2) is 23.7 Å². The van der Waals surface area contributed by atoms with Crippen molar-refractivity contribution in [3.63, 3.8) is 0 Å². The Bertz CT molecular complexity index is 434. The molecule has 0 atom stereocenters. The molecular formula is C13H16O4S. The molecule has 18 heavy (non-hydrogen) atoms. The first-order valence-corrected chi connectivity index (χ1v) is 6.58. The van der Waals surface area contributed by atoms with Gasteiger partial charge in [0.2, 0.25) is 0 Å². The van der Waals surface area contributed by atoms with Gasteiger partial charge < -0.3 is 9.84 Å². The number of aryl methyl sites for hydroxylation is 1. The van der Waals surface area contributed by atoms with Crippen LogP contribution in [0.25, 0.3) is 6.08 Å². The molecule has 1 aromatic heterocycles. The van der Waals surface area contributed by atoms with Crippen molar-refractivity contribution in [3.05, 3.63) is 28.0 Å². The number of ether oxygens (including phenoxy) is 1. The summed E-state index contributed by atoms with van der Waals surface area (Å²) in [4.78, 5) is 23.5. The number of rotatable bonds is 7. The maximum atomic E-state index is 11.1. The van der Waals surface area contributed by atoms with E-state index in [1.165, 1.54) is 11.3 Å². The Hall–Kier alpha value is -1.62. The lowest BCUT2D eigenvalue weighted by Crippen LogP contribution is -2.03. The van der Waals surface area contributed by atoms with Crippen molar-refractivity contribution in [2.24, 2.45) is 0 Å². The van der Waals surface area contributed by atoms with Gasteiger partial charge in [-0.3, -0.25) is 4.79 Å². The van der Waals surface area contributed by atoms with Crippen LogP contribution in [0.3, 0.4) is 0 Å². The Balaban J connectivity index is 2.35. The fraction of sp³-hybridized carbons (Fsp3) is 0.385. The molecule has 1 aromatic rings. The Kier molecular flexibility index (Phi) is 6.14. The number of carbonyl (C=O) groups is 2. The number of esters is 1. The van der Waals surface area contributed by atoms with E-state index < -0.39 is 5.97 Å². The smallest absolute Gasteiger partial charge is 0.328 e. The van der Waals surface area contributed by atoms with Gasteiger partial charge in [-0.05, 0) is 38.0 Å². The summed E-state index contributed by atoms with van der Waals surface area (Å²) < 4.78 is 4.84. The van der Waals surface area contributed by atoms with Crippen molar-refractivity contribution < 1.29 is 19.4 Å². The zero-order valence-electron chi connectivity index (χ0n) is 10.2. The van der Waals surface area contributed by atoms with Crippen molar-refractivity contribution in [1.29, 1.82) is 0 Å². The molecule has 0 saturated carbocycles. The molecule has 0 unspecified atom stereocenters. The average Bonchev–Trinajstić information content (AvgIpc) is 2.75. The SMILES string of the molecule is CCOC(=O)CCCc1ccc(/C=C/C(=O)O)s1. The monoisotopic (exact) mass is 268 g/mol. The summed E-state index contributed by atoms with van der Waals surface area (Å²) in [6, 6.07) is 3.83. The topological polar surface area (TPSA) is 63.6 Å². The number of hydrogen-bond acceptors (Lipinski definition) is 4. The molecule has 0 fully saturated rings. The molecule has 0 bridgehead atoms. The summed E-state index contributed by atoms with van der Waals surface area (Å²) in [6.45, 7) is 2.21. The minimum absolute atomic E-state index is 0.167. The third-order valence-corrected chi connectivity index (χ3v) is 3.29. The van der Waals surface area contributed by atoms with Crippen molar-refractivity contribution in [2.45, 2.75) is 26.2 Å². The molecule has 1 heterocycles. The number of carboxylic acid groups (broad SMARTS) is 1. The first-order chi connectivity index (χ1) is 8.61. The Morgan fingerprint density at radius 1 is 1.44 bits per heavy atom. The zero-order valence-corrected chi connectivity index (χ0v) is 11.0. The average molecular weight is 268 g/mol. The lowest BCUT2D eigenvalue weighted by molar-refractivity contribution is -0.143. The Morgan fingerprint density at radius 2 is 2.22 bits per heavy atom. The fourth-order valence-corrected chi connectivity index (χ4v) is 2.37. The number of aliphatic carboxylic acids is 1. The van der Waals surface area contributed by atoms with Crippen LogP contribution in [0.5, 0.6) is 0 Å². The van der Waals surface area contributed by atoms with Gasteiger partial charge in [0.1, 0.15) is 0 Å². The van der Waals surface area contributed by atoms with Crippen molar-refractivity contribution in [1.82, 2.24) is 0 Å². The van der Waals surface area contributed by atoms with Crippen LogP contribution >= 0.6 is 11.3 Å². The third-order valence-electron chi connectivity index (χ3n) is 2.18. The van der Waals surface area contributed by atoms with Crippen molar-refractivity contribution in [2.75, 3.05) is 6.61 Å². The van der Waals surface area contributed by atoms with Gasteiger partial charge in [-0.15, -0.1) is 11.3 Å². The molecule has 0 aliphatic heterocycles. The summed E-state index contributed by atoms with van der Waals surface area (Å²) in [7, 11) is 0. The standard InChI is InChI=1S/C13H16O4S/c1-2-17-13(16)5-3-4-10-6-7-11(18-10)8-9-12(14)15/h6-9H,2-5H2,1H3,(H,14,15)/b9-8+. The molecule has 1 N–H and O–H groups in total. The molecule has 98 valence electrons. The highest BCUT2D eigenvalue weighted by atomic mass is 32.1. The second kappa shape index (κ2) is 7.66. The van der Waals surface area contributed by atoms with Gasteiger partial charge in [0.15, 0.2) is 0 Å². The molecule has 0 aromatic carbocycles. The molecule has 0 aliphatic carbocycles. The summed E-state index contributed by atoms with van der Waals surface area (Å²) >= 11 is 1.54. The van der Waals surface area contributed by atoms with Gasteiger partial charge in [-0.2, -0.15) is 0 Å². The first kappa shape index (κ1) is 14.4. The number of carbonyl (C=O) groups excluding carboxylic acids is 1. The van der Waals surface area contributed by atoms with E-state index in [0.717, 1.165) is 28.7 Å². The van der Waals surface area contributed by atoms with Crippen LogP contribution in [0.15, 0.2) is 18.2 Å². The number of hydrogen-bond donors (Lipinski definition) is 1. The van der Waals surface area contributed by atoms with E-state index in [9.17, 15) is 9.59 Å². The molecule has 0 amide bonds. The van der Waals surface area contributed by atoms with Gasteiger partial charge in [0.25, 0.3) is 0 Å². The van der Waals surface area contributed by atoms with Crippen LogP contribution < -0.4 is 0 Å². The van der Waals surface area contributed by atoms with Gasteiger partial charge >= 0.3 is 11.9 Å². The van der Waals surface area contributed by atoms with E-state index in [0.29, 0.717) is 13.0 Å². The lowest BCUT2D eigenvalue weighted by Gasteiger charge is -2.00. The van der Waals surface area contributed by atoms with E-state index in [1.807, 2.05) is 12.1 Å². The van der Waals surface area contributed by atoms with Crippen molar-refractivity contribution >= 4 is 29.4 Å². The van der Waals surface area contributed by atoms with Crippen LogP contribution in [-0.2, 0) is 20.7 Å². The minimum Gasteiger partial charge on any atom is -0.478 e. The van der Waals surface area contributed by atoms with Crippen molar-refractivity contribution in [3.8, 4) is 0 Å². The largest absolute Gasteiger partial charge is 0.478 e. The highest BCUT2D eigenvalue weighted by Gasteiger charge is 2.03. The Labute approximate surface area is 110 Å². The second-order valence-electron chi connectivity index (χ2n) is 3.63. The third kappa shape index (κ3) is 5.63. The van der Waals surface area contributed by atoms with E-state index in [1.54, 1.807) is 13.0 Å². The zero-order chi connectivity index (χ0) is 13.4. The molecule has 0 radical (unpaired) electrons. The Morgan fingerprint density at radius 3 is 2.89 bits per heavy atom. The molecule has 4 nitrogen and oxygen atoms in total. The summed E-state index contributed by atoms with van der Waals surface area (Å²) in [5.41, 5.74) is 0. The highest BCUT2D eigenvalue weighted by molar-refractivity contribution is 7.12. The highest BCUT2D eigenvalue weighted by Crippen LogP contribution is 2.19. The van der Waals surface area contributed by atoms with Crippen LogP contribution in [0.1, 0.15) is 29.5 Å².